The van der Waals surface area contributed by atoms with Gasteiger partial charge < -0.3 is 40.4 Å². The molecule has 1 aliphatic heterocycles. The molecule has 12 heteroatoms. The maximum atomic E-state index is 13.6. The Kier molecular flexibility index (Phi) is 14.0. The Morgan fingerprint density at radius 3 is 2.44 bits per heavy atom. The predicted octanol–water partition coefficient (Wildman–Crippen LogP) is 2.00. The van der Waals surface area contributed by atoms with Gasteiger partial charge in [-0.05, 0) is 38.2 Å². The van der Waals surface area contributed by atoms with Crippen molar-refractivity contribution in [3.05, 3.63) is 58.5 Å². The molecular formula is C31H45N3O9. The van der Waals surface area contributed by atoms with E-state index in [0.717, 1.165) is 6.08 Å². The fraction of sp³-hybridized carbons (Fsp3) is 0.548. The van der Waals surface area contributed by atoms with Crippen LogP contribution in [0.4, 0.5) is 4.79 Å². The van der Waals surface area contributed by atoms with E-state index in [1.165, 1.54) is 27.4 Å². The van der Waals surface area contributed by atoms with Crippen LogP contribution in [0.2, 0.25) is 0 Å². The number of allylic oxidation sites excluding steroid dienone is 4. The summed E-state index contributed by atoms with van der Waals surface area (Å²) in [7, 11) is 4.45. The molecule has 2 rings (SSSR count). The number of methoxy groups -OCH3 is 3. The lowest BCUT2D eigenvalue weighted by molar-refractivity contribution is -0.120. The number of hydrogen-bond acceptors (Lipinski definition) is 10. The van der Waals surface area contributed by atoms with Crippen molar-refractivity contribution < 1.29 is 43.2 Å². The molecule has 1 aliphatic carbocycles. The molecule has 238 valence electrons. The Labute approximate surface area is 253 Å². The van der Waals surface area contributed by atoms with Gasteiger partial charge in [0.1, 0.15) is 6.10 Å². The first-order chi connectivity index (χ1) is 20.3. The molecule has 2 bridgehead atoms. The molecule has 43 heavy (non-hydrogen) atoms. The quantitative estimate of drug-likeness (QED) is 0.191. The number of carbonyl (C=O) groups is 4. The largest absolute Gasteiger partial charge is 0.439 e. The van der Waals surface area contributed by atoms with Gasteiger partial charge in [-0.25, -0.2) is 4.79 Å². The monoisotopic (exact) mass is 603 g/mol. The molecule has 0 radical (unpaired) electrons. The summed E-state index contributed by atoms with van der Waals surface area (Å²) in [5.41, 5.74) is 6.42. The van der Waals surface area contributed by atoms with E-state index in [2.05, 4.69) is 10.6 Å². The van der Waals surface area contributed by atoms with Crippen molar-refractivity contribution in [1.29, 1.82) is 0 Å². The second-order valence-corrected chi connectivity index (χ2v) is 10.9. The Morgan fingerprint density at radius 2 is 1.84 bits per heavy atom. The lowest BCUT2D eigenvalue weighted by atomic mass is 9.85. The summed E-state index contributed by atoms with van der Waals surface area (Å²) in [6.45, 7) is 7.59. The van der Waals surface area contributed by atoms with Crippen molar-refractivity contribution in [1.82, 2.24) is 10.6 Å². The first kappa shape index (κ1) is 35.6. The summed E-state index contributed by atoms with van der Waals surface area (Å²) >= 11 is 0. The minimum Gasteiger partial charge on any atom is -0.439 e. The van der Waals surface area contributed by atoms with E-state index in [0.29, 0.717) is 25.1 Å². The molecule has 0 unspecified atom stereocenters. The van der Waals surface area contributed by atoms with E-state index in [1.54, 1.807) is 39.0 Å². The van der Waals surface area contributed by atoms with Gasteiger partial charge in [-0.3, -0.25) is 14.4 Å². The molecule has 0 aromatic carbocycles. The molecule has 6 atom stereocenters. The fourth-order valence-corrected chi connectivity index (χ4v) is 5.06. The van der Waals surface area contributed by atoms with E-state index in [-0.39, 0.29) is 34.9 Å². The highest BCUT2D eigenvalue weighted by atomic mass is 16.6. The van der Waals surface area contributed by atoms with Gasteiger partial charge in [0.05, 0.1) is 30.2 Å². The first-order valence-corrected chi connectivity index (χ1v) is 14.2. The minimum absolute atomic E-state index is 0.134. The van der Waals surface area contributed by atoms with Crippen LogP contribution in [-0.2, 0) is 33.3 Å². The fourth-order valence-electron chi connectivity index (χ4n) is 5.06. The van der Waals surface area contributed by atoms with Crippen molar-refractivity contribution >= 4 is 23.6 Å². The number of amides is 2. The van der Waals surface area contributed by atoms with Crippen LogP contribution in [0, 0.1) is 11.8 Å². The van der Waals surface area contributed by atoms with E-state index < -0.39 is 53.9 Å². The van der Waals surface area contributed by atoms with Gasteiger partial charge in [0.15, 0.2) is 6.10 Å². The first-order valence-electron chi connectivity index (χ1n) is 14.2. The lowest BCUT2D eigenvalue weighted by Gasteiger charge is -2.30. The van der Waals surface area contributed by atoms with Gasteiger partial charge >= 0.3 is 6.09 Å². The topological polar surface area (TPSA) is 176 Å². The molecule has 2 aliphatic rings. The normalized spacial score (nSPS) is 31.3. The third-order valence-corrected chi connectivity index (χ3v) is 7.40. The summed E-state index contributed by atoms with van der Waals surface area (Å²) in [6, 6.07) is 0. The third-order valence-electron chi connectivity index (χ3n) is 7.40. The van der Waals surface area contributed by atoms with Gasteiger partial charge in [0.2, 0.25) is 11.6 Å². The maximum absolute atomic E-state index is 13.6. The van der Waals surface area contributed by atoms with Gasteiger partial charge in [-0.1, -0.05) is 38.2 Å². The van der Waals surface area contributed by atoms with Crippen LogP contribution in [-0.4, -0.2) is 87.6 Å². The number of ether oxygens (including phenoxy) is 4. The smallest absolute Gasteiger partial charge is 0.405 e. The van der Waals surface area contributed by atoms with E-state index in [1.807, 2.05) is 6.92 Å². The zero-order chi connectivity index (χ0) is 32.3. The van der Waals surface area contributed by atoms with Crippen LogP contribution in [0.25, 0.3) is 0 Å². The molecule has 0 fully saturated rings. The van der Waals surface area contributed by atoms with E-state index in [9.17, 15) is 24.3 Å². The van der Waals surface area contributed by atoms with Crippen molar-refractivity contribution in [2.24, 2.45) is 17.6 Å². The zero-order valence-electron chi connectivity index (χ0n) is 26.0. The van der Waals surface area contributed by atoms with Crippen LogP contribution in [0.1, 0.15) is 40.5 Å². The number of rotatable bonds is 7. The number of nitrogens with two attached hydrogens (primary N) is 1. The number of fused-ring (bicyclic) bond motifs is 2. The highest BCUT2D eigenvalue weighted by Crippen LogP contribution is 2.28. The molecule has 0 aromatic heterocycles. The van der Waals surface area contributed by atoms with Crippen LogP contribution in [0.5, 0.6) is 0 Å². The molecular weight excluding hydrogens is 558 g/mol. The van der Waals surface area contributed by atoms with Gasteiger partial charge in [-0.2, -0.15) is 0 Å². The highest BCUT2D eigenvalue weighted by Gasteiger charge is 2.33. The van der Waals surface area contributed by atoms with E-state index >= 15 is 0 Å². The second kappa shape index (κ2) is 16.9. The SMILES string of the molecule is COCCNC1=C2C[C@@H](C)C[C@H](OC)[C@H](O)[C@@H](C)/C=C(\C)[C@H](OC(N)=O)[C@H](OC)/C=C\C=C(/C)C(=O)NC(=CC1=O)C2=O. The van der Waals surface area contributed by atoms with Gasteiger partial charge in [0, 0.05) is 51.0 Å². The number of carbonyl (C=O) groups excluding carboxylic acids is 4. The molecule has 0 saturated heterocycles. The Hall–Kier alpha value is -3.58. The third kappa shape index (κ3) is 9.99. The average Bonchev–Trinajstić information content (AvgIpc) is 2.95. The minimum atomic E-state index is -1.00. The molecule has 5 N–H and O–H groups in total. The van der Waals surface area contributed by atoms with Crippen molar-refractivity contribution in [2.45, 2.75) is 65.0 Å². The van der Waals surface area contributed by atoms with Crippen molar-refractivity contribution in [3.63, 3.8) is 0 Å². The Bertz CT molecular complexity index is 1200. The molecule has 2 amide bonds. The van der Waals surface area contributed by atoms with E-state index in [4.69, 9.17) is 24.7 Å². The number of aliphatic hydroxyl groups is 1. The van der Waals surface area contributed by atoms with Crippen molar-refractivity contribution in [3.8, 4) is 0 Å². The number of Topliss-reactive ketones (excluding diaryl/α,β-unsaturated/α-hetero) is 1. The maximum Gasteiger partial charge on any atom is 0.405 e. The van der Waals surface area contributed by atoms with Crippen LogP contribution in [0.15, 0.2) is 58.5 Å². The average molecular weight is 604 g/mol. The molecule has 0 spiro atoms. The number of primary amides is 1. The van der Waals surface area contributed by atoms with Crippen LogP contribution >= 0.6 is 0 Å². The highest BCUT2D eigenvalue weighted by molar-refractivity contribution is 6.23. The number of aliphatic hydroxyl groups excluding tert-OH is 1. The van der Waals surface area contributed by atoms with Gasteiger partial charge in [0.25, 0.3) is 5.91 Å². The molecule has 0 aromatic rings. The summed E-state index contributed by atoms with van der Waals surface area (Å²) < 4.78 is 21.7. The number of hydrogen-bond donors (Lipinski definition) is 4. The molecule has 0 saturated carbocycles. The van der Waals surface area contributed by atoms with Crippen molar-refractivity contribution in [2.75, 3.05) is 34.5 Å². The zero-order valence-corrected chi connectivity index (χ0v) is 26.0. The van der Waals surface area contributed by atoms with Crippen LogP contribution in [0.3, 0.4) is 0 Å². The Balaban J connectivity index is 2.61. The summed E-state index contributed by atoms with van der Waals surface area (Å²) in [5, 5.41) is 16.8. The standard InChI is InChI=1S/C31H45N3O9/c1-17-13-21-26(33-11-12-40-5)23(35)16-22(28(21)37)34-30(38)18(2)9-8-10-24(41-6)29(43-31(32)39)20(4)15-19(3)27(36)25(14-17)42-7/h8-10,15-17,19,24-25,27,29,33,36H,11-14H2,1-7H3,(H2,32,39)(H,34,38)/b10-8-,18-9+,20-15+/t17-,19+,24-,25+,27-,29+/m1/s1. The lowest BCUT2D eigenvalue weighted by Crippen LogP contribution is -2.38. The molecule has 1 heterocycles. The number of nitrogens with one attached hydrogen (secondary N) is 2. The predicted molar refractivity (Wildman–Crippen MR) is 159 cm³/mol. The van der Waals surface area contributed by atoms with Gasteiger partial charge in [-0.15, -0.1) is 0 Å². The summed E-state index contributed by atoms with van der Waals surface area (Å²) in [6.07, 6.45) is 3.75. The second-order valence-electron chi connectivity index (χ2n) is 10.9. The summed E-state index contributed by atoms with van der Waals surface area (Å²) in [4.78, 5) is 51.5. The number of ketones is 2. The summed E-state index contributed by atoms with van der Waals surface area (Å²) in [5.74, 6) is -2.16. The molecule has 12 nitrogen and oxygen atoms in total. The van der Waals surface area contributed by atoms with Crippen LogP contribution < -0.4 is 16.4 Å². The Morgan fingerprint density at radius 1 is 1.14 bits per heavy atom.